The zero-order chi connectivity index (χ0) is 35.0. The number of thiazole rings is 1. The minimum Gasteiger partial charge on any atom is -0.488 e. The molecule has 47 heavy (non-hydrogen) atoms. The molecule has 0 bridgehead atoms. The SMILES string of the molecule is CC(C)C[C@H](CN)CC(=O)O.CO/N=C(\C(=O)N[C@@H]1C(=O)N2C(C(=O)O)=C(CSc3nc(=O)c(O)nn3C)CS[C@H]12)c1csc(N)n1. The molecular formula is C26H35N9O9S3. The van der Waals surface area contributed by atoms with E-state index < -0.39 is 46.6 Å². The van der Waals surface area contributed by atoms with Crippen molar-refractivity contribution in [3.05, 3.63) is 32.7 Å². The van der Waals surface area contributed by atoms with Gasteiger partial charge in [-0.2, -0.15) is 4.98 Å². The number of carbonyl (C=O) groups is 4. The van der Waals surface area contributed by atoms with E-state index in [1.54, 1.807) is 0 Å². The number of hydrogen-bond donors (Lipinski definition) is 6. The van der Waals surface area contributed by atoms with E-state index in [9.17, 15) is 34.2 Å². The Bertz CT molecular complexity index is 1630. The molecule has 0 aliphatic carbocycles. The first-order chi connectivity index (χ1) is 22.2. The number of carboxylic acid groups (broad SMARTS) is 2. The largest absolute Gasteiger partial charge is 0.488 e. The van der Waals surface area contributed by atoms with Gasteiger partial charge in [-0.05, 0) is 30.4 Å². The second-order valence-corrected chi connectivity index (χ2v) is 13.5. The molecule has 0 radical (unpaired) electrons. The summed E-state index contributed by atoms with van der Waals surface area (Å²) in [5, 5.41) is 38.8. The Hall–Kier alpha value is -4.21. The number of nitrogen functional groups attached to an aromatic ring is 1. The number of hydrogen-bond acceptors (Lipinski definition) is 16. The number of thioether (sulfide) groups is 2. The lowest BCUT2D eigenvalue weighted by atomic mass is 9.94. The third-order valence-electron chi connectivity index (χ3n) is 6.59. The molecule has 8 N–H and O–H groups in total. The van der Waals surface area contributed by atoms with Crippen LogP contribution in [0.25, 0.3) is 0 Å². The first kappa shape index (κ1) is 37.2. The summed E-state index contributed by atoms with van der Waals surface area (Å²) in [5.41, 5.74) is 10.3. The number of fused-ring (bicyclic) bond motifs is 1. The third-order valence-corrected chi connectivity index (χ3v) is 9.71. The maximum absolute atomic E-state index is 12.9. The highest BCUT2D eigenvalue weighted by Gasteiger charge is 2.54. The summed E-state index contributed by atoms with van der Waals surface area (Å²) in [6.45, 7) is 4.62. The third kappa shape index (κ3) is 9.42. The molecule has 1 fully saturated rings. The van der Waals surface area contributed by atoms with Crippen molar-refractivity contribution in [1.82, 2.24) is 30.0 Å². The second kappa shape index (κ2) is 16.6. The van der Waals surface area contributed by atoms with Crippen molar-refractivity contribution in [3.63, 3.8) is 0 Å². The molecule has 1 saturated heterocycles. The highest BCUT2D eigenvalue weighted by atomic mass is 32.2. The van der Waals surface area contributed by atoms with Crippen LogP contribution < -0.4 is 22.3 Å². The number of carboxylic acids is 2. The fraction of sp³-hybridized carbons (Fsp3) is 0.500. The van der Waals surface area contributed by atoms with Gasteiger partial charge in [0.2, 0.25) is 0 Å². The van der Waals surface area contributed by atoms with Gasteiger partial charge in [0.05, 0.1) is 0 Å². The normalized spacial score (nSPS) is 18.1. The van der Waals surface area contributed by atoms with Gasteiger partial charge in [0, 0.05) is 30.4 Å². The van der Waals surface area contributed by atoms with Crippen LogP contribution in [0.2, 0.25) is 0 Å². The maximum Gasteiger partial charge on any atom is 0.352 e. The Labute approximate surface area is 280 Å². The average molecular weight is 714 g/mol. The molecule has 0 spiro atoms. The van der Waals surface area contributed by atoms with Gasteiger partial charge in [-0.15, -0.1) is 28.2 Å². The summed E-state index contributed by atoms with van der Waals surface area (Å²) in [5.74, 6) is -3.11. The van der Waals surface area contributed by atoms with Gasteiger partial charge in [-0.3, -0.25) is 24.1 Å². The van der Waals surface area contributed by atoms with Crippen molar-refractivity contribution >= 4 is 69.5 Å². The molecule has 0 aromatic carbocycles. The fourth-order valence-corrected chi connectivity index (χ4v) is 7.53. The molecule has 256 valence electrons. The second-order valence-electron chi connectivity index (χ2n) is 10.6. The zero-order valence-electron chi connectivity index (χ0n) is 25.8. The number of carbonyl (C=O) groups excluding carboxylic acids is 2. The summed E-state index contributed by atoms with van der Waals surface area (Å²) >= 11 is 3.41. The van der Waals surface area contributed by atoms with E-state index in [2.05, 4.69) is 39.4 Å². The van der Waals surface area contributed by atoms with Crippen LogP contribution in [-0.2, 0) is 31.1 Å². The number of aliphatic carboxylic acids is 2. The number of nitrogens with one attached hydrogen (secondary N) is 1. The fourth-order valence-electron chi connectivity index (χ4n) is 4.59. The number of aromatic nitrogens is 4. The van der Waals surface area contributed by atoms with Crippen molar-refractivity contribution < 1.29 is 39.3 Å². The van der Waals surface area contributed by atoms with Crippen molar-refractivity contribution in [2.45, 2.75) is 43.3 Å². The van der Waals surface area contributed by atoms with Crippen LogP contribution >= 0.6 is 34.9 Å². The minimum atomic E-state index is -1.31. The minimum absolute atomic E-state index is 0.102. The van der Waals surface area contributed by atoms with Gasteiger partial charge in [-0.25, -0.2) is 14.5 Å². The summed E-state index contributed by atoms with van der Waals surface area (Å²) in [6.07, 6.45) is 1.11. The topological polar surface area (TPSA) is 279 Å². The van der Waals surface area contributed by atoms with Crippen molar-refractivity contribution in [3.8, 4) is 5.88 Å². The molecule has 18 nitrogen and oxygen atoms in total. The van der Waals surface area contributed by atoms with Gasteiger partial charge in [-0.1, -0.05) is 30.8 Å². The van der Waals surface area contributed by atoms with Crippen molar-refractivity contribution in [2.75, 3.05) is 30.9 Å². The molecule has 2 aromatic heterocycles. The number of nitrogens with zero attached hydrogens (tertiary/aromatic N) is 6. The van der Waals surface area contributed by atoms with Crippen LogP contribution in [0.5, 0.6) is 5.88 Å². The predicted molar refractivity (Wildman–Crippen MR) is 174 cm³/mol. The van der Waals surface area contributed by atoms with Crippen LogP contribution in [0.3, 0.4) is 0 Å². The lowest BCUT2D eigenvalue weighted by Crippen LogP contribution is -2.71. The Balaban J connectivity index is 0.000000468. The molecule has 4 heterocycles. The van der Waals surface area contributed by atoms with Crippen molar-refractivity contribution in [1.29, 1.82) is 0 Å². The monoisotopic (exact) mass is 713 g/mol. The first-order valence-electron chi connectivity index (χ1n) is 13.9. The van der Waals surface area contributed by atoms with Gasteiger partial charge in [0.15, 0.2) is 16.0 Å². The van der Waals surface area contributed by atoms with E-state index in [1.165, 1.54) is 36.0 Å². The molecular weight excluding hydrogens is 679 g/mol. The zero-order valence-corrected chi connectivity index (χ0v) is 28.2. The molecule has 0 unspecified atom stereocenters. The number of β-lactam (4-membered cyclic amide) rings is 1. The summed E-state index contributed by atoms with van der Waals surface area (Å²) in [6, 6.07) is -0.993. The lowest BCUT2D eigenvalue weighted by molar-refractivity contribution is -0.150. The van der Waals surface area contributed by atoms with E-state index >= 15 is 0 Å². The van der Waals surface area contributed by atoms with Crippen molar-refractivity contribution in [2.24, 2.45) is 29.8 Å². The van der Waals surface area contributed by atoms with Gasteiger partial charge in [0.1, 0.15) is 29.9 Å². The van der Waals surface area contributed by atoms with E-state index in [0.29, 0.717) is 18.0 Å². The number of oxime groups is 1. The molecule has 2 amide bonds. The lowest BCUT2D eigenvalue weighted by Gasteiger charge is -2.49. The Morgan fingerprint density at radius 3 is 2.51 bits per heavy atom. The molecule has 3 atom stereocenters. The number of amides is 2. The van der Waals surface area contributed by atoms with Gasteiger partial charge >= 0.3 is 17.5 Å². The molecule has 2 aliphatic rings. The number of aryl methyl sites for hydroxylation is 1. The quantitative estimate of drug-likeness (QED) is 0.0683. The smallest absolute Gasteiger partial charge is 0.352 e. The molecule has 2 aliphatic heterocycles. The highest BCUT2D eigenvalue weighted by molar-refractivity contribution is 8.01. The maximum atomic E-state index is 12.9. The number of anilines is 1. The number of nitrogens with two attached hydrogens (primary N) is 2. The van der Waals surface area contributed by atoms with Crippen LogP contribution in [-0.4, -0.2) is 106 Å². The first-order valence-corrected chi connectivity index (χ1v) is 16.8. The summed E-state index contributed by atoms with van der Waals surface area (Å²) < 4.78 is 1.19. The molecule has 2 aromatic rings. The van der Waals surface area contributed by atoms with E-state index in [1.807, 2.05) is 0 Å². The standard InChI is InChI=1S/C18H18N8O7S3.C8H17NO2/c1-25-18(22-12(28)13(29)23-25)36-4-6-3-34-15-9(14(30)26(15)10(6)16(31)32)21-11(27)8(24-33-2)7-5-35-17(19)20-7;1-6(2)3-7(5-9)4-8(10)11/h5,9,15H,3-4H2,1-2H3,(H2,19,20)(H,21,27)(H,23,29)(H,31,32);6-7H,3-5,9H2,1-2H3,(H,10,11)/b24-8-;/t9-,15-;7-/m10/s1. The Morgan fingerprint density at radius 2 is 1.96 bits per heavy atom. The van der Waals surface area contributed by atoms with Crippen LogP contribution in [0.1, 0.15) is 32.4 Å². The van der Waals surface area contributed by atoms with Gasteiger partial charge in [0.25, 0.3) is 17.7 Å². The van der Waals surface area contributed by atoms with E-state index in [0.717, 1.165) is 34.4 Å². The van der Waals surface area contributed by atoms with Crippen LogP contribution in [0, 0.1) is 11.8 Å². The Morgan fingerprint density at radius 1 is 1.26 bits per heavy atom. The molecule has 0 saturated carbocycles. The van der Waals surface area contributed by atoms with E-state index in [-0.39, 0.29) is 51.2 Å². The summed E-state index contributed by atoms with van der Waals surface area (Å²) in [4.78, 5) is 73.2. The molecule has 21 heteroatoms. The number of rotatable bonds is 13. The average Bonchev–Trinajstić information content (AvgIpc) is 3.44. The predicted octanol–water partition coefficient (Wildman–Crippen LogP) is -0.117. The number of aromatic hydroxyl groups is 1. The summed E-state index contributed by atoms with van der Waals surface area (Å²) in [7, 11) is 2.72. The van der Waals surface area contributed by atoms with Crippen LogP contribution in [0.4, 0.5) is 5.13 Å². The molecule has 4 rings (SSSR count). The van der Waals surface area contributed by atoms with Gasteiger partial charge < -0.3 is 36.9 Å². The van der Waals surface area contributed by atoms with Crippen LogP contribution in [0.15, 0.2) is 31.8 Å². The highest BCUT2D eigenvalue weighted by Crippen LogP contribution is 2.41. The van der Waals surface area contributed by atoms with E-state index in [4.69, 9.17) is 21.4 Å². The Kier molecular flexibility index (Phi) is 13.1.